The Labute approximate surface area is 137 Å². The van der Waals surface area contributed by atoms with Gasteiger partial charge in [0.2, 0.25) is 0 Å². The number of rotatable bonds is 7. The summed E-state index contributed by atoms with van der Waals surface area (Å²) in [6.45, 7) is 2.85. The molecule has 1 aromatic rings. The van der Waals surface area contributed by atoms with Crippen LogP contribution in [0, 0.1) is 0 Å². The number of carboxylic acid groups (broad SMARTS) is 1. The van der Waals surface area contributed by atoms with E-state index in [0.717, 1.165) is 50.4 Å². The van der Waals surface area contributed by atoms with Crippen LogP contribution in [0.2, 0.25) is 0 Å². The Kier molecular flexibility index (Phi) is 7.48. The van der Waals surface area contributed by atoms with Crippen LogP contribution >= 0.6 is 12.4 Å². The van der Waals surface area contributed by atoms with Crippen LogP contribution in [0.15, 0.2) is 12.1 Å². The molecule has 0 unspecified atom stereocenters. The van der Waals surface area contributed by atoms with Crippen LogP contribution < -0.4 is 9.47 Å². The van der Waals surface area contributed by atoms with Crippen molar-refractivity contribution in [1.29, 1.82) is 0 Å². The van der Waals surface area contributed by atoms with E-state index in [2.05, 4.69) is 17.0 Å². The number of carboxylic acids is 1. The summed E-state index contributed by atoms with van der Waals surface area (Å²) in [4.78, 5) is 12.9. The number of aliphatic carboxylic acids is 1. The third-order valence-corrected chi connectivity index (χ3v) is 3.91. The highest BCUT2D eigenvalue weighted by atomic mass is 35.5. The van der Waals surface area contributed by atoms with E-state index in [1.165, 1.54) is 11.1 Å². The van der Waals surface area contributed by atoms with Crippen molar-refractivity contribution in [2.24, 2.45) is 0 Å². The highest BCUT2D eigenvalue weighted by molar-refractivity contribution is 5.85. The van der Waals surface area contributed by atoms with Gasteiger partial charge in [0.25, 0.3) is 0 Å². The zero-order valence-electron chi connectivity index (χ0n) is 13.1. The molecule has 0 atom stereocenters. The second kappa shape index (κ2) is 8.86. The first kappa shape index (κ1) is 18.6. The molecule has 0 bridgehead atoms. The predicted octanol–water partition coefficient (Wildman–Crippen LogP) is 2.74. The van der Waals surface area contributed by atoms with E-state index in [1.807, 2.05) is 0 Å². The molecule has 0 amide bonds. The van der Waals surface area contributed by atoms with Gasteiger partial charge in [-0.2, -0.15) is 0 Å². The largest absolute Gasteiger partial charge is 0.493 e. The Morgan fingerprint density at radius 1 is 1.18 bits per heavy atom. The maximum Gasteiger partial charge on any atom is 0.303 e. The van der Waals surface area contributed by atoms with Crippen LogP contribution in [-0.4, -0.2) is 43.3 Å². The highest BCUT2D eigenvalue weighted by Gasteiger charge is 2.19. The standard InChI is InChI=1S/C16H23NO4.ClH/c1-20-14-9-12-6-8-17(7-4-3-5-16(18)19)11-13(12)10-15(14)21-2;/h9-10H,3-8,11H2,1-2H3,(H,18,19);1H. The first-order valence-electron chi connectivity index (χ1n) is 7.32. The van der Waals surface area contributed by atoms with Crippen molar-refractivity contribution in [1.82, 2.24) is 4.90 Å². The maximum atomic E-state index is 10.5. The number of hydrogen-bond donors (Lipinski definition) is 1. The summed E-state index contributed by atoms with van der Waals surface area (Å²) in [6.07, 6.45) is 2.92. The first-order valence-corrected chi connectivity index (χ1v) is 7.32. The minimum absolute atomic E-state index is 0. The minimum Gasteiger partial charge on any atom is -0.493 e. The molecule has 22 heavy (non-hydrogen) atoms. The number of ether oxygens (including phenoxy) is 2. The summed E-state index contributed by atoms with van der Waals surface area (Å²) in [5.74, 6) is 0.839. The number of fused-ring (bicyclic) bond motifs is 1. The lowest BCUT2D eigenvalue weighted by molar-refractivity contribution is -0.137. The fraction of sp³-hybridized carbons (Fsp3) is 0.562. The van der Waals surface area contributed by atoms with E-state index in [9.17, 15) is 4.79 Å². The second-order valence-corrected chi connectivity index (χ2v) is 5.35. The quantitative estimate of drug-likeness (QED) is 0.779. The molecule has 6 heteroatoms. The molecule has 124 valence electrons. The Morgan fingerprint density at radius 2 is 1.82 bits per heavy atom. The van der Waals surface area contributed by atoms with Crippen molar-refractivity contribution in [2.75, 3.05) is 27.3 Å². The lowest BCUT2D eigenvalue weighted by Crippen LogP contribution is -2.31. The van der Waals surface area contributed by atoms with Crippen molar-refractivity contribution in [3.8, 4) is 11.5 Å². The second-order valence-electron chi connectivity index (χ2n) is 5.35. The number of nitrogens with zero attached hydrogens (tertiary/aromatic N) is 1. The zero-order valence-corrected chi connectivity index (χ0v) is 13.9. The first-order chi connectivity index (χ1) is 10.1. The SMILES string of the molecule is COc1cc2c(cc1OC)CN(CCCCC(=O)O)CC2.Cl. The van der Waals surface area contributed by atoms with Crippen LogP contribution in [0.25, 0.3) is 0 Å². The van der Waals surface area contributed by atoms with E-state index in [-0.39, 0.29) is 18.8 Å². The fourth-order valence-electron chi connectivity index (χ4n) is 2.74. The summed E-state index contributed by atoms with van der Waals surface area (Å²) >= 11 is 0. The summed E-state index contributed by atoms with van der Waals surface area (Å²) in [5.41, 5.74) is 2.59. The number of carbonyl (C=O) groups is 1. The van der Waals surface area contributed by atoms with E-state index in [4.69, 9.17) is 14.6 Å². The Bertz CT molecular complexity index is 507. The van der Waals surface area contributed by atoms with Gasteiger partial charge < -0.3 is 14.6 Å². The fourth-order valence-corrected chi connectivity index (χ4v) is 2.74. The van der Waals surface area contributed by atoms with Gasteiger partial charge in [-0.1, -0.05) is 0 Å². The monoisotopic (exact) mass is 329 g/mol. The highest BCUT2D eigenvalue weighted by Crippen LogP contribution is 2.33. The molecule has 1 N–H and O–H groups in total. The Balaban J connectivity index is 0.00000242. The molecular weight excluding hydrogens is 306 g/mol. The van der Waals surface area contributed by atoms with Crippen molar-refractivity contribution in [3.63, 3.8) is 0 Å². The van der Waals surface area contributed by atoms with Crippen LogP contribution in [0.4, 0.5) is 0 Å². The lowest BCUT2D eigenvalue weighted by Gasteiger charge is -2.29. The van der Waals surface area contributed by atoms with Gasteiger partial charge in [0, 0.05) is 19.5 Å². The number of halogens is 1. The van der Waals surface area contributed by atoms with E-state index >= 15 is 0 Å². The van der Waals surface area contributed by atoms with E-state index < -0.39 is 5.97 Å². The van der Waals surface area contributed by atoms with Crippen LogP contribution in [-0.2, 0) is 17.8 Å². The Morgan fingerprint density at radius 3 is 2.41 bits per heavy atom. The molecule has 1 aromatic carbocycles. The smallest absolute Gasteiger partial charge is 0.303 e. The molecular formula is C16H24ClNO4. The number of hydrogen-bond acceptors (Lipinski definition) is 4. The number of unbranched alkanes of at least 4 members (excludes halogenated alkanes) is 1. The number of methoxy groups -OCH3 is 2. The molecule has 0 fully saturated rings. The molecule has 0 radical (unpaired) electrons. The molecule has 5 nitrogen and oxygen atoms in total. The average Bonchev–Trinajstić information content (AvgIpc) is 2.49. The molecule has 0 saturated heterocycles. The van der Waals surface area contributed by atoms with Gasteiger partial charge in [0.1, 0.15) is 0 Å². The summed E-state index contributed by atoms with van der Waals surface area (Å²) in [7, 11) is 3.30. The summed E-state index contributed by atoms with van der Waals surface area (Å²) < 4.78 is 10.7. The molecule has 0 saturated carbocycles. The lowest BCUT2D eigenvalue weighted by atomic mass is 9.98. The molecule has 2 rings (SSSR count). The minimum atomic E-state index is -0.712. The van der Waals surface area contributed by atoms with Crippen molar-refractivity contribution in [2.45, 2.75) is 32.2 Å². The third-order valence-electron chi connectivity index (χ3n) is 3.91. The van der Waals surface area contributed by atoms with Gasteiger partial charge in [0.05, 0.1) is 14.2 Å². The van der Waals surface area contributed by atoms with Crippen LogP contribution in [0.1, 0.15) is 30.4 Å². The van der Waals surface area contributed by atoms with Gasteiger partial charge >= 0.3 is 5.97 Å². The molecule has 1 heterocycles. The normalized spacial score (nSPS) is 13.9. The van der Waals surface area contributed by atoms with Gasteiger partial charge in [-0.15, -0.1) is 12.4 Å². The van der Waals surface area contributed by atoms with E-state index in [1.54, 1.807) is 14.2 Å². The molecule has 0 aromatic heterocycles. The maximum absolute atomic E-state index is 10.5. The van der Waals surface area contributed by atoms with Crippen LogP contribution in [0.5, 0.6) is 11.5 Å². The van der Waals surface area contributed by atoms with Gasteiger partial charge in [-0.25, -0.2) is 0 Å². The van der Waals surface area contributed by atoms with E-state index in [0.29, 0.717) is 0 Å². The molecule has 0 spiro atoms. The summed E-state index contributed by atoms with van der Waals surface area (Å²) in [6, 6.07) is 4.12. The molecule has 1 aliphatic heterocycles. The van der Waals surface area contributed by atoms with Crippen molar-refractivity contribution < 1.29 is 19.4 Å². The van der Waals surface area contributed by atoms with Gasteiger partial charge in [-0.05, 0) is 49.1 Å². The van der Waals surface area contributed by atoms with Crippen molar-refractivity contribution in [3.05, 3.63) is 23.3 Å². The zero-order chi connectivity index (χ0) is 15.2. The number of benzene rings is 1. The predicted molar refractivity (Wildman–Crippen MR) is 87.3 cm³/mol. The Hall–Kier alpha value is -1.46. The van der Waals surface area contributed by atoms with Gasteiger partial charge in [0.15, 0.2) is 11.5 Å². The van der Waals surface area contributed by atoms with Gasteiger partial charge in [-0.3, -0.25) is 9.69 Å². The molecule has 0 aliphatic carbocycles. The van der Waals surface area contributed by atoms with Crippen LogP contribution in [0.3, 0.4) is 0 Å². The summed E-state index contributed by atoms with van der Waals surface area (Å²) in [5, 5.41) is 8.65. The van der Waals surface area contributed by atoms with Crippen molar-refractivity contribution >= 4 is 18.4 Å². The average molecular weight is 330 g/mol. The topological polar surface area (TPSA) is 59.0 Å². The molecule has 1 aliphatic rings. The third kappa shape index (κ3) is 4.78.